The van der Waals surface area contributed by atoms with Gasteiger partial charge in [-0.2, -0.15) is 0 Å². The molecule has 2 aromatic heterocycles. The van der Waals surface area contributed by atoms with Crippen LogP contribution in [0.3, 0.4) is 0 Å². The Balaban J connectivity index is 1.41. The first kappa shape index (κ1) is 21.9. The maximum Gasteiger partial charge on any atom is 0.144 e. The maximum absolute atomic E-state index is 15.0. The lowest BCUT2D eigenvalue weighted by Gasteiger charge is -2.24. The zero-order chi connectivity index (χ0) is 23.1. The fourth-order valence-corrected chi connectivity index (χ4v) is 4.92. The normalized spacial score (nSPS) is 14.7. The lowest BCUT2D eigenvalue weighted by atomic mass is 9.89. The van der Waals surface area contributed by atoms with E-state index in [0.29, 0.717) is 23.4 Å². The van der Waals surface area contributed by atoms with Crippen molar-refractivity contribution in [3.63, 3.8) is 0 Å². The molecule has 0 radical (unpaired) electrons. The molecular weight excluding hydrogens is 437 g/mol. The number of aliphatic hydroxyl groups is 2. The highest BCUT2D eigenvalue weighted by atomic mass is 32.1. The minimum Gasteiger partial charge on any atom is -0.394 e. The average molecular weight is 462 g/mol. The summed E-state index contributed by atoms with van der Waals surface area (Å²) in [4.78, 5) is 10.2. The zero-order valence-electron chi connectivity index (χ0n) is 17.9. The summed E-state index contributed by atoms with van der Waals surface area (Å²) in [5.74, 6) is -0.369. The van der Waals surface area contributed by atoms with Crippen molar-refractivity contribution < 1.29 is 14.6 Å². The van der Waals surface area contributed by atoms with Crippen molar-refractivity contribution in [2.45, 2.75) is 23.8 Å². The number of halogens is 1. The molecule has 33 heavy (non-hydrogen) atoms. The summed E-state index contributed by atoms with van der Waals surface area (Å²) in [5.41, 5.74) is 8.60. The van der Waals surface area contributed by atoms with Crippen molar-refractivity contribution in [2.75, 3.05) is 13.2 Å². The van der Waals surface area contributed by atoms with Gasteiger partial charge in [-0.15, -0.1) is 0 Å². The molecule has 0 aliphatic heterocycles. The van der Waals surface area contributed by atoms with E-state index >= 15 is 0 Å². The molecule has 2 aromatic carbocycles. The maximum atomic E-state index is 15.0. The molecule has 168 valence electrons. The van der Waals surface area contributed by atoms with Gasteiger partial charge < -0.3 is 15.9 Å². The van der Waals surface area contributed by atoms with Crippen LogP contribution in [0.5, 0.6) is 0 Å². The van der Waals surface area contributed by atoms with Crippen LogP contribution in [0.4, 0.5) is 4.39 Å². The second-order valence-corrected chi connectivity index (χ2v) is 9.58. The van der Waals surface area contributed by atoms with Crippen molar-refractivity contribution >= 4 is 21.7 Å². The molecule has 0 unspecified atom stereocenters. The van der Waals surface area contributed by atoms with Gasteiger partial charge in [-0.1, -0.05) is 59.9 Å². The molecule has 7 heteroatoms. The van der Waals surface area contributed by atoms with E-state index in [0.717, 1.165) is 21.6 Å². The summed E-state index contributed by atoms with van der Waals surface area (Å²) in [7, 11) is 0. The molecule has 0 fully saturated rings. The number of pyridine rings is 1. The fraction of sp³-hybridized carbons (Fsp3) is 0.231. The Labute approximate surface area is 195 Å². The number of allylic oxidation sites excluding steroid dienone is 2. The van der Waals surface area contributed by atoms with Crippen molar-refractivity contribution in [1.29, 1.82) is 0 Å². The van der Waals surface area contributed by atoms with E-state index < -0.39 is 5.54 Å². The van der Waals surface area contributed by atoms with E-state index in [-0.39, 0.29) is 24.4 Å². The fourth-order valence-electron chi connectivity index (χ4n) is 3.96. The standard InChI is InChI=1S/C26H24FN3O2S/c27-20-14-17(10-11-25(28,15-31)16-32)6-7-19(20)23-29-21-8-9-22(30-24(21)33-23)26(12-13-26)18-4-2-1-3-5-18/h1-9,12-14,31-32H,10-11,15-16,28H2. The van der Waals surface area contributed by atoms with Crippen LogP contribution in [0.1, 0.15) is 23.2 Å². The average Bonchev–Trinajstić information content (AvgIpc) is 3.56. The number of nitrogens with zero attached hydrogens (tertiary/aromatic N) is 2. The number of aliphatic hydroxyl groups excluding tert-OH is 2. The first-order valence-corrected chi connectivity index (χ1v) is 11.6. The monoisotopic (exact) mass is 461 g/mol. The third-order valence-corrected chi connectivity index (χ3v) is 7.23. The molecule has 0 amide bonds. The summed E-state index contributed by atoms with van der Waals surface area (Å²) in [5, 5.41) is 19.3. The predicted molar refractivity (Wildman–Crippen MR) is 129 cm³/mol. The van der Waals surface area contributed by atoms with Gasteiger partial charge in [0.25, 0.3) is 0 Å². The zero-order valence-corrected chi connectivity index (χ0v) is 18.7. The van der Waals surface area contributed by atoms with Crippen LogP contribution in [0, 0.1) is 5.82 Å². The Hall–Kier alpha value is -2.97. The van der Waals surface area contributed by atoms with Crippen LogP contribution < -0.4 is 5.73 Å². The van der Waals surface area contributed by atoms with Crippen LogP contribution in [-0.4, -0.2) is 38.9 Å². The van der Waals surface area contributed by atoms with Gasteiger partial charge in [0.05, 0.1) is 29.9 Å². The van der Waals surface area contributed by atoms with Gasteiger partial charge >= 0.3 is 0 Å². The topological polar surface area (TPSA) is 92.3 Å². The van der Waals surface area contributed by atoms with Gasteiger partial charge in [0.15, 0.2) is 0 Å². The molecule has 0 saturated carbocycles. The Morgan fingerprint density at radius 3 is 2.39 bits per heavy atom. The molecule has 5 nitrogen and oxygen atoms in total. The largest absolute Gasteiger partial charge is 0.394 e. The van der Waals surface area contributed by atoms with Crippen molar-refractivity contribution in [2.24, 2.45) is 5.73 Å². The number of aromatic nitrogens is 2. The van der Waals surface area contributed by atoms with Gasteiger partial charge in [-0.25, -0.2) is 14.4 Å². The molecule has 4 aromatic rings. The third kappa shape index (κ3) is 4.09. The highest BCUT2D eigenvalue weighted by molar-refractivity contribution is 7.21. The summed E-state index contributed by atoms with van der Waals surface area (Å²) < 4.78 is 15.0. The number of nitrogens with two attached hydrogens (primary N) is 1. The molecule has 1 aliphatic carbocycles. The first-order chi connectivity index (χ1) is 16.0. The molecule has 4 N–H and O–H groups in total. The molecule has 0 saturated heterocycles. The minimum absolute atomic E-state index is 0.270. The van der Waals surface area contributed by atoms with Gasteiger partial charge in [-0.05, 0) is 48.2 Å². The van der Waals surface area contributed by atoms with Crippen LogP contribution in [0.2, 0.25) is 0 Å². The SMILES string of the molecule is NC(CO)(CO)CCc1ccc(-c2nc3ccc(C4(c5ccccc5)C=C4)nc3s2)c(F)c1. The van der Waals surface area contributed by atoms with E-state index in [1.54, 1.807) is 6.07 Å². The Kier molecular flexibility index (Phi) is 5.58. The van der Waals surface area contributed by atoms with Crippen molar-refractivity contribution in [3.8, 4) is 10.6 Å². The molecule has 1 aliphatic rings. The summed E-state index contributed by atoms with van der Waals surface area (Å²) in [6.45, 7) is -0.655. The minimum atomic E-state index is -1.07. The quantitative estimate of drug-likeness (QED) is 0.345. The van der Waals surface area contributed by atoms with E-state index in [1.807, 2.05) is 36.4 Å². The second kappa shape index (κ2) is 8.43. The highest BCUT2D eigenvalue weighted by Gasteiger charge is 2.39. The number of hydrogen-bond donors (Lipinski definition) is 3. The van der Waals surface area contributed by atoms with Crippen molar-refractivity contribution in [1.82, 2.24) is 9.97 Å². The molecule has 2 heterocycles. The van der Waals surface area contributed by atoms with Crippen molar-refractivity contribution in [3.05, 3.63) is 95.5 Å². The van der Waals surface area contributed by atoms with Gasteiger partial charge in [0.1, 0.15) is 21.2 Å². The van der Waals surface area contributed by atoms with Gasteiger partial charge in [0.2, 0.25) is 0 Å². The summed E-state index contributed by atoms with van der Waals surface area (Å²) >= 11 is 1.37. The smallest absolute Gasteiger partial charge is 0.144 e. The molecule has 0 bridgehead atoms. The molecule has 5 rings (SSSR count). The van der Waals surface area contributed by atoms with E-state index in [2.05, 4.69) is 29.3 Å². The third-order valence-electron chi connectivity index (χ3n) is 6.24. The van der Waals surface area contributed by atoms with Crippen LogP contribution in [0.25, 0.3) is 20.9 Å². The number of benzene rings is 2. The molecule has 0 spiro atoms. The lowest BCUT2D eigenvalue weighted by molar-refractivity contribution is 0.115. The number of thiazole rings is 1. The summed E-state index contributed by atoms with van der Waals surface area (Å²) in [6, 6.07) is 19.2. The van der Waals surface area contributed by atoms with E-state index in [1.165, 1.54) is 23.0 Å². The lowest BCUT2D eigenvalue weighted by Crippen LogP contribution is -2.47. The Morgan fingerprint density at radius 2 is 1.73 bits per heavy atom. The van der Waals surface area contributed by atoms with Crippen LogP contribution >= 0.6 is 11.3 Å². The first-order valence-electron chi connectivity index (χ1n) is 10.8. The Bertz CT molecular complexity index is 1330. The van der Waals surface area contributed by atoms with Crippen LogP contribution in [-0.2, 0) is 11.8 Å². The van der Waals surface area contributed by atoms with E-state index in [9.17, 15) is 14.6 Å². The van der Waals surface area contributed by atoms with Crippen LogP contribution in [0.15, 0.2) is 72.8 Å². The van der Waals surface area contributed by atoms with Gasteiger partial charge in [-0.3, -0.25) is 0 Å². The van der Waals surface area contributed by atoms with E-state index in [4.69, 9.17) is 10.7 Å². The predicted octanol–water partition coefficient (Wildman–Crippen LogP) is 3.97. The number of rotatable bonds is 8. The number of fused-ring (bicyclic) bond motifs is 1. The second-order valence-electron chi connectivity index (χ2n) is 8.60. The van der Waals surface area contributed by atoms with Gasteiger partial charge in [0, 0.05) is 5.56 Å². The highest BCUT2D eigenvalue weighted by Crippen LogP contribution is 2.45. The molecule has 0 atom stereocenters. The summed E-state index contributed by atoms with van der Waals surface area (Å²) in [6.07, 6.45) is 5.08. The molecular formula is C26H24FN3O2S. The number of aryl methyl sites for hydroxylation is 1. The Morgan fingerprint density at radius 1 is 0.970 bits per heavy atom. The number of hydrogen-bond acceptors (Lipinski definition) is 6.